The maximum atomic E-state index is 11.9. The molecular formula is C16H25N3O2. The van der Waals surface area contributed by atoms with Gasteiger partial charge in [-0.15, -0.1) is 0 Å². The molecule has 1 saturated heterocycles. The van der Waals surface area contributed by atoms with Gasteiger partial charge in [0.15, 0.2) is 0 Å². The third-order valence-electron chi connectivity index (χ3n) is 3.72. The molecular weight excluding hydrogens is 266 g/mol. The first kappa shape index (κ1) is 15.6. The highest BCUT2D eigenvalue weighted by atomic mass is 16.5. The number of nitrogens with zero attached hydrogens (tertiary/aromatic N) is 1. The van der Waals surface area contributed by atoms with Crippen molar-refractivity contribution in [2.24, 2.45) is 0 Å². The minimum atomic E-state index is -0.0913. The minimum Gasteiger partial charge on any atom is -0.494 e. The summed E-state index contributed by atoms with van der Waals surface area (Å²) in [7, 11) is 2.11. The molecule has 0 unspecified atom stereocenters. The van der Waals surface area contributed by atoms with Gasteiger partial charge in [-0.25, -0.2) is 4.79 Å². The Kier molecular flexibility index (Phi) is 5.87. The van der Waals surface area contributed by atoms with E-state index in [1.165, 1.54) is 0 Å². The number of amides is 2. The van der Waals surface area contributed by atoms with Gasteiger partial charge in [0.25, 0.3) is 0 Å². The zero-order valence-electron chi connectivity index (χ0n) is 12.9. The smallest absolute Gasteiger partial charge is 0.315 e. The highest BCUT2D eigenvalue weighted by molar-refractivity contribution is 5.74. The Morgan fingerprint density at radius 3 is 2.86 bits per heavy atom. The maximum absolute atomic E-state index is 11.9. The van der Waals surface area contributed by atoms with Crippen LogP contribution >= 0.6 is 0 Å². The molecule has 1 aliphatic heterocycles. The van der Waals surface area contributed by atoms with Gasteiger partial charge < -0.3 is 20.3 Å². The predicted molar refractivity (Wildman–Crippen MR) is 83.5 cm³/mol. The summed E-state index contributed by atoms with van der Waals surface area (Å²) in [6.07, 6.45) is 2.04. The monoisotopic (exact) mass is 291 g/mol. The van der Waals surface area contributed by atoms with Crippen molar-refractivity contribution in [3.8, 4) is 5.75 Å². The van der Waals surface area contributed by atoms with E-state index in [-0.39, 0.29) is 12.1 Å². The number of likely N-dealkylation sites (tertiary alicyclic amines) is 1. The van der Waals surface area contributed by atoms with Gasteiger partial charge in [0.2, 0.25) is 0 Å². The number of piperidine rings is 1. The van der Waals surface area contributed by atoms with Crippen LogP contribution in [0.5, 0.6) is 5.75 Å². The van der Waals surface area contributed by atoms with Gasteiger partial charge in [-0.3, -0.25) is 0 Å². The van der Waals surface area contributed by atoms with Gasteiger partial charge in [-0.05, 0) is 57.6 Å². The Morgan fingerprint density at radius 2 is 2.14 bits per heavy atom. The number of carbonyl (C=O) groups excluding carboxylic acids is 1. The van der Waals surface area contributed by atoms with Gasteiger partial charge in [0.05, 0.1) is 6.61 Å². The Balaban J connectivity index is 1.74. The lowest BCUT2D eigenvalue weighted by atomic mass is 10.1. The van der Waals surface area contributed by atoms with Crippen LogP contribution in [0.1, 0.15) is 25.3 Å². The molecule has 0 bridgehead atoms. The molecule has 21 heavy (non-hydrogen) atoms. The number of urea groups is 1. The Morgan fingerprint density at radius 1 is 1.38 bits per heavy atom. The molecule has 2 N–H and O–H groups in total. The first-order valence-corrected chi connectivity index (χ1v) is 7.62. The molecule has 1 aromatic rings. The number of hydrogen-bond acceptors (Lipinski definition) is 3. The number of ether oxygens (including phenoxy) is 1. The Hall–Kier alpha value is -1.75. The standard InChI is InChI=1S/C16H25N3O2/c1-3-21-15-6-4-5-13(11-15)12-17-16(20)18-14-7-9-19(2)10-8-14/h4-6,11,14H,3,7-10,12H2,1-2H3,(H2,17,18,20). The van der Waals surface area contributed by atoms with Crippen molar-refractivity contribution >= 4 is 6.03 Å². The Bertz CT molecular complexity index is 457. The van der Waals surface area contributed by atoms with Crippen LogP contribution in [0.2, 0.25) is 0 Å². The highest BCUT2D eigenvalue weighted by Crippen LogP contribution is 2.13. The first-order chi connectivity index (χ1) is 10.2. The van der Waals surface area contributed by atoms with Crippen LogP contribution < -0.4 is 15.4 Å². The number of benzene rings is 1. The van der Waals surface area contributed by atoms with E-state index in [0.29, 0.717) is 13.2 Å². The third-order valence-corrected chi connectivity index (χ3v) is 3.72. The van der Waals surface area contributed by atoms with E-state index in [9.17, 15) is 4.79 Å². The average Bonchev–Trinajstić information content (AvgIpc) is 2.48. The lowest BCUT2D eigenvalue weighted by molar-refractivity contribution is 0.213. The highest BCUT2D eigenvalue weighted by Gasteiger charge is 2.18. The van der Waals surface area contributed by atoms with E-state index in [4.69, 9.17) is 4.74 Å². The maximum Gasteiger partial charge on any atom is 0.315 e. The van der Waals surface area contributed by atoms with E-state index in [1.54, 1.807) is 0 Å². The summed E-state index contributed by atoms with van der Waals surface area (Å²) >= 11 is 0. The van der Waals surface area contributed by atoms with Crippen molar-refractivity contribution in [1.29, 1.82) is 0 Å². The molecule has 1 fully saturated rings. The van der Waals surface area contributed by atoms with E-state index in [1.807, 2.05) is 31.2 Å². The summed E-state index contributed by atoms with van der Waals surface area (Å²) in [6, 6.07) is 8.00. The van der Waals surface area contributed by atoms with Gasteiger partial charge in [-0.2, -0.15) is 0 Å². The van der Waals surface area contributed by atoms with Crippen molar-refractivity contribution in [1.82, 2.24) is 15.5 Å². The van der Waals surface area contributed by atoms with E-state index in [0.717, 1.165) is 37.2 Å². The molecule has 1 aromatic carbocycles. The molecule has 0 aromatic heterocycles. The summed E-state index contributed by atoms with van der Waals surface area (Å²) in [5.74, 6) is 0.840. The molecule has 0 radical (unpaired) electrons. The lowest BCUT2D eigenvalue weighted by Crippen LogP contribution is -2.46. The van der Waals surface area contributed by atoms with Gasteiger partial charge >= 0.3 is 6.03 Å². The predicted octanol–water partition coefficient (Wildman–Crippen LogP) is 1.98. The van der Waals surface area contributed by atoms with Gasteiger partial charge in [-0.1, -0.05) is 12.1 Å². The summed E-state index contributed by atoms with van der Waals surface area (Å²) in [5.41, 5.74) is 1.04. The zero-order chi connectivity index (χ0) is 15.1. The molecule has 0 atom stereocenters. The van der Waals surface area contributed by atoms with E-state index < -0.39 is 0 Å². The first-order valence-electron chi connectivity index (χ1n) is 7.62. The average molecular weight is 291 g/mol. The number of hydrogen-bond donors (Lipinski definition) is 2. The topological polar surface area (TPSA) is 53.6 Å². The second-order valence-corrected chi connectivity index (χ2v) is 5.48. The summed E-state index contributed by atoms with van der Waals surface area (Å²) in [4.78, 5) is 14.2. The quantitative estimate of drug-likeness (QED) is 0.872. The minimum absolute atomic E-state index is 0.0913. The van der Waals surface area contributed by atoms with Crippen molar-refractivity contribution < 1.29 is 9.53 Å². The van der Waals surface area contributed by atoms with Crippen molar-refractivity contribution in [2.75, 3.05) is 26.7 Å². The van der Waals surface area contributed by atoms with Crippen LogP contribution in [0.4, 0.5) is 4.79 Å². The number of nitrogens with one attached hydrogen (secondary N) is 2. The summed E-state index contributed by atoms with van der Waals surface area (Å²) in [5, 5.41) is 5.95. The SMILES string of the molecule is CCOc1cccc(CNC(=O)NC2CCN(C)CC2)c1. The third kappa shape index (κ3) is 5.27. The molecule has 0 aliphatic carbocycles. The van der Waals surface area contributed by atoms with Crippen LogP contribution in [0.15, 0.2) is 24.3 Å². The van der Waals surface area contributed by atoms with Crippen LogP contribution in [0.25, 0.3) is 0 Å². The summed E-state index contributed by atoms with van der Waals surface area (Å²) in [6.45, 7) is 5.20. The molecule has 5 nitrogen and oxygen atoms in total. The van der Waals surface area contributed by atoms with Crippen molar-refractivity contribution in [2.45, 2.75) is 32.4 Å². The fourth-order valence-corrected chi connectivity index (χ4v) is 2.48. The second-order valence-electron chi connectivity index (χ2n) is 5.48. The molecule has 116 valence electrons. The molecule has 0 saturated carbocycles. The molecule has 5 heteroatoms. The zero-order valence-corrected chi connectivity index (χ0v) is 12.9. The van der Waals surface area contributed by atoms with Crippen molar-refractivity contribution in [3.63, 3.8) is 0 Å². The molecule has 1 heterocycles. The molecule has 2 rings (SSSR count). The summed E-state index contributed by atoms with van der Waals surface area (Å²) < 4.78 is 5.45. The second kappa shape index (κ2) is 7.88. The largest absolute Gasteiger partial charge is 0.494 e. The molecule has 0 spiro atoms. The molecule has 1 aliphatic rings. The van der Waals surface area contributed by atoms with E-state index >= 15 is 0 Å². The normalized spacial score (nSPS) is 16.5. The van der Waals surface area contributed by atoms with Gasteiger partial charge in [0, 0.05) is 12.6 Å². The Labute approximate surface area is 126 Å². The van der Waals surface area contributed by atoms with Gasteiger partial charge in [0.1, 0.15) is 5.75 Å². The van der Waals surface area contributed by atoms with Crippen LogP contribution in [-0.4, -0.2) is 43.7 Å². The van der Waals surface area contributed by atoms with Crippen LogP contribution in [0.3, 0.4) is 0 Å². The number of carbonyl (C=O) groups is 1. The van der Waals surface area contributed by atoms with Crippen molar-refractivity contribution in [3.05, 3.63) is 29.8 Å². The van der Waals surface area contributed by atoms with Crippen LogP contribution in [0, 0.1) is 0 Å². The van der Waals surface area contributed by atoms with Crippen LogP contribution in [-0.2, 0) is 6.54 Å². The molecule has 2 amide bonds. The lowest BCUT2D eigenvalue weighted by Gasteiger charge is -2.29. The fourth-order valence-electron chi connectivity index (χ4n) is 2.48. The fraction of sp³-hybridized carbons (Fsp3) is 0.562. The van der Waals surface area contributed by atoms with E-state index in [2.05, 4.69) is 22.6 Å². The number of rotatable bonds is 5.